The first-order chi connectivity index (χ1) is 9.21. The molecule has 0 amide bonds. The van der Waals surface area contributed by atoms with Crippen LogP contribution in [0, 0.1) is 0 Å². The zero-order valence-corrected chi connectivity index (χ0v) is 12.3. The number of nitrogens with two attached hydrogens (primary N) is 1. The fraction of sp³-hybridized carbons (Fsp3) is 0.846. The molecule has 0 saturated carbocycles. The molecule has 0 aliphatic rings. The quantitative estimate of drug-likeness (QED) is 0.647. The molecule has 0 aliphatic carbocycles. The van der Waals surface area contributed by atoms with Gasteiger partial charge in [-0.1, -0.05) is 19.0 Å². The SMILES string of the molecule is CCOCCCc1nc(C(N)CN(CC)CC)no1. The molecule has 1 unspecified atom stereocenters. The van der Waals surface area contributed by atoms with E-state index < -0.39 is 0 Å². The summed E-state index contributed by atoms with van der Waals surface area (Å²) in [5.74, 6) is 1.24. The summed E-state index contributed by atoms with van der Waals surface area (Å²) in [7, 11) is 0. The number of aromatic nitrogens is 2. The Morgan fingerprint density at radius 1 is 1.32 bits per heavy atom. The van der Waals surface area contributed by atoms with E-state index >= 15 is 0 Å². The van der Waals surface area contributed by atoms with Crippen LogP contribution in [0.4, 0.5) is 0 Å². The largest absolute Gasteiger partial charge is 0.382 e. The molecule has 1 rings (SSSR count). The van der Waals surface area contributed by atoms with Crippen LogP contribution in [-0.2, 0) is 11.2 Å². The molecule has 0 aromatic carbocycles. The van der Waals surface area contributed by atoms with E-state index in [0.29, 0.717) is 11.7 Å². The summed E-state index contributed by atoms with van der Waals surface area (Å²) in [6, 6.07) is -0.190. The van der Waals surface area contributed by atoms with E-state index in [4.69, 9.17) is 15.0 Å². The van der Waals surface area contributed by atoms with Gasteiger partial charge < -0.3 is 19.9 Å². The number of hydrogen-bond donors (Lipinski definition) is 1. The van der Waals surface area contributed by atoms with Gasteiger partial charge in [-0.25, -0.2) is 0 Å². The van der Waals surface area contributed by atoms with Crippen molar-refractivity contribution in [2.45, 2.75) is 39.7 Å². The third-order valence-electron chi connectivity index (χ3n) is 3.05. The van der Waals surface area contributed by atoms with Crippen molar-refractivity contribution < 1.29 is 9.26 Å². The van der Waals surface area contributed by atoms with Gasteiger partial charge in [0.2, 0.25) is 5.89 Å². The van der Waals surface area contributed by atoms with Gasteiger partial charge in [0.15, 0.2) is 5.82 Å². The van der Waals surface area contributed by atoms with Crippen LogP contribution in [0.5, 0.6) is 0 Å². The van der Waals surface area contributed by atoms with Crippen LogP contribution < -0.4 is 5.73 Å². The molecule has 110 valence electrons. The van der Waals surface area contributed by atoms with Crippen LogP contribution in [-0.4, -0.2) is 47.9 Å². The molecule has 2 N–H and O–H groups in total. The Labute approximate surface area is 115 Å². The first-order valence-electron chi connectivity index (χ1n) is 7.09. The van der Waals surface area contributed by atoms with E-state index in [9.17, 15) is 0 Å². The number of likely N-dealkylation sites (N-methyl/N-ethyl adjacent to an activating group) is 1. The van der Waals surface area contributed by atoms with E-state index in [-0.39, 0.29) is 6.04 Å². The molecule has 0 radical (unpaired) electrons. The zero-order valence-electron chi connectivity index (χ0n) is 12.3. The normalized spacial score (nSPS) is 13.1. The number of ether oxygens (including phenoxy) is 1. The molecule has 0 spiro atoms. The maximum atomic E-state index is 6.09. The summed E-state index contributed by atoms with van der Waals surface area (Å²) < 4.78 is 10.5. The number of hydrogen-bond acceptors (Lipinski definition) is 6. The summed E-state index contributed by atoms with van der Waals surface area (Å²) in [5, 5.41) is 3.96. The van der Waals surface area contributed by atoms with Gasteiger partial charge in [-0.15, -0.1) is 0 Å². The predicted molar refractivity (Wildman–Crippen MR) is 73.8 cm³/mol. The summed E-state index contributed by atoms with van der Waals surface area (Å²) in [6.45, 7) is 10.4. The Balaban J connectivity index is 2.40. The second-order valence-electron chi connectivity index (χ2n) is 4.44. The Morgan fingerprint density at radius 2 is 2.05 bits per heavy atom. The summed E-state index contributed by atoms with van der Waals surface area (Å²) in [6.07, 6.45) is 1.63. The molecule has 1 aromatic rings. The van der Waals surface area contributed by atoms with Crippen molar-refractivity contribution in [1.29, 1.82) is 0 Å². The first-order valence-corrected chi connectivity index (χ1v) is 7.09. The highest BCUT2D eigenvalue weighted by atomic mass is 16.5. The molecule has 6 nitrogen and oxygen atoms in total. The third-order valence-corrected chi connectivity index (χ3v) is 3.05. The van der Waals surface area contributed by atoms with Crippen LogP contribution in [0.3, 0.4) is 0 Å². The van der Waals surface area contributed by atoms with Gasteiger partial charge in [0.1, 0.15) is 0 Å². The van der Waals surface area contributed by atoms with E-state index in [2.05, 4.69) is 28.9 Å². The fourth-order valence-electron chi connectivity index (χ4n) is 1.83. The monoisotopic (exact) mass is 270 g/mol. The standard InChI is InChI=1S/C13H26N4O2/c1-4-17(5-2)10-11(14)13-15-12(19-16-13)8-7-9-18-6-3/h11H,4-10,14H2,1-3H3. The van der Waals surface area contributed by atoms with Gasteiger partial charge in [0, 0.05) is 26.2 Å². The number of rotatable bonds is 10. The average Bonchev–Trinajstić information content (AvgIpc) is 2.89. The molecule has 0 saturated heterocycles. The Hall–Kier alpha value is -0.980. The highest BCUT2D eigenvalue weighted by molar-refractivity contribution is 4.94. The van der Waals surface area contributed by atoms with Gasteiger partial charge in [-0.3, -0.25) is 0 Å². The van der Waals surface area contributed by atoms with E-state index in [1.165, 1.54) is 0 Å². The first kappa shape index (κ1) is 16.1. The molecular weight excluding hydrogens is 244 g/mol. The lowest BCUT2D eigenvalue weighted by atomic mass is 10.2. The highest BCUT2D eigenvalue weighted by Crippen LogP contribution is 2.09. The van der Waals surface area contributed by atoms with Crippen molar-refractivity contribution >= 4 is 0 Å². The van der Waals surface area contributed by atoms with E-state index in [1.54, 1.807) is 0 Å². The van der Waals surface area contributed by atoms with Gasteiger partial charge in [-0.2, -0.15) is 4.98 Å². The van der Waals surface area contributed by atoms with Crippen LogP contribution in [0.15, 0.2) is 4.52 Å². The van der Waals surface area contributed by atoms with Crippen molar-refractivity contribution in [3.63, 3.8) is 0 Å². The number of nitrogens with zero attached hydrogens (tertiary/aromatic N) is 3. The van der Waals surface area contributed by atoms with Crippen molar-refractivity contribution in [1.82, 2.24) is 15.0 Å². The third kappa shape index (κ3) is 5.67. The molecule has 6 heteroatoms. The summed E-state index contributed by atoms with van der Waals surface area (Å²) in [5.41, 5.74) is 6.09. The second kappa shape index (κ2) is 9.01. The van der Waals surface area contributed by atoms with Crippen molar-refractivity contribution in [3.8, 4) is 0 Å². The van der Waals surface area contributed by atoms with E-state index in [1.807, 2.05) is 6.92 Å². The molecule has 19 heavy (non-hydrogen) atoms. The summed E-state index contributed by atoms with van der Waals surface area (Å²) in [4.78, 5) is 6.59. The molecule has 1 atom stereocenters. The van der Waals surface area contributed by atoms with Crippen LogP contribution in [0.2, 0.25) is 0 Å². The van der Waals surface area contributed by atoms with Gasteiger partial charge >= 0.3 is 0 Å². The van der Waals surface area contributed by atoms with Crippen molar-refractivity contribution in [2.75, 3.05) is 32.8 Å². The zero-order chi connectivity index (χ0) is 14.1. The Morgan fingerprint density at radius 3 is 2.68 bits per heavy atom. The molecular formula is C13H26N4O2. The minimum Gasteiger partial charge on any atom is -0.382 e. The van der Waals surface area contributed by atoms with Gasteiger partial charge in [0.25, 0.3) is 0 Å². The lowest BCUT2D eigenvalue weighted by molar-refractivity contribution is 0.143. The second-order valence-corrected chi connectivity index (χ2v) is 4.44. The fourth-order valence-corrected chi connectivity index (χ4v) is 1.83. The summed E-state index contributed by atoms with van der Waals surface area (Å²) >= 11 is 0. The lowest BCUT2D eigenvalue weighted by Gasteiger charge is -2.20. The Bertz CT molecular complexity index is 339. The smallest absolute Gasteiger partial charge is 0.226 e. The molecule has 0 aliphatic heterocycles. The van der Waals surface area contributed by atoms with Crippen LogP contribution >= 0.6 is 0 Å². The van der Waals surface area contributed by atoms with Crippen molar-refractivity contribution in [2.24, 2.45) is 5.73 Å². The Kier molecular flexibility index (Phi) is 7.62. The molecule has 1 heterocycles. The minimum atomic E-state index is -0.190. The molecule has 1 aromatic heterocycles. The van der Waals surface area contributed by atoms with Gasteiger partial charge in [-0.05, 0) is 26.4 Å². The van der Waals surface area contributed by atoms with Crippen LogP contribution in [0.1, 0.15) is 44.9 Å². The predicted octanol–water partition coefficient (Wildman–Crippen LogP) is 1.38. The maximum absolute atomic E-state index is 6.09. The maximum Gasteiger partial charge on any atom is 0.226 e. The molecule has 0 bridgehead atoms. The highest BCUT2D eigenvalue weighted by Gasteiger charge is 2.16. The molecule has 0 fully saturated rings. The lowest BCUT2D eigenvalue weighted by Crippen LogP contribution is -2.32. The number of aryl methyl sites for hydroxylation is 1. The average molecular weight is 270 g/mol. The van der Waals surface area contributed by atoms with Crippen LogP contribution in [0.25, 0.3) is 0 Å². The van der Waals surface area contributed by atoms with Gasteiger partial charge in [0.05, 0.1) is 6.04 Å². The minimum absolute atomic E-state index is 0.190. The van der Waals surface area contributed by atoms with Crippen molar-refractivity contribution in [3.05, 3.63) is 11.7 Å². The van der Waals surface area contributed by atoms with E-state index in [0.717, 1.165) is 45.7 Å². The topological polar surface area (TPSA) is 77.4 Å².